The Balaban J connectivity index is 0.999. The summed E-state index contributed by atoms with van der Waals surface area (Å²) in [5.41, 5.74) is 10.5. The van der Waals surface area contributed by atoms with Gasteiger partial charge in [0.25, 0.3) is 0 Å². The van der Waals surface area contributed by atoms with Crippen molar-refractivity contribution in [1.82, 2.24) is 19.9 Å². The Kier molecular flexibility index (Phi) is 7.97. The molecular formula is C52H32N4S. The average Bonchev–Trinajstić information content (AvgIpc) is 3.69. The van der Waals surface area contributed by atoms with Gasteiger partial charge in [-0.25, -0.2) is 19.9 Å². The van der Waals surface area contributed by atoms with Crippen molar-refractivity contribution in [2.24, 2.45) is 0 Å². The molecule has 0 amide bonds. The van der Waals surface area contributed by atoms with Crippen LogP contribution in [0.2, 0.25) is 0 Å². The number of aromatic nitrogens is 4. The van der Waals surface area contributed by atoms with E-state index < -0.39 is 0 Å². The van der Waals surface area contributed by atoms with E-state index in [1.54, 1.807) is 0 Å². The van der Waals surface area contributed by atoms with Gasteiger partial charge in [0.2, 0.25) is 0 Å². The van der Waals surface area contributed by atoms with Crippen LogP contribution in [0.3, 0.4) is 0 Å². The predicted molar refractivity (Wildman–Crippen MR) is 238 cm³/mol. The van der Waals surface area contributed by atoms with Crippen LogP contribution in [0.4, 0.5) is 0 Å². The minimum Gasteiger partial charge on any atom is -0.247 e. The van der Waals surface area contributed by atoms with E-state index in [9.17, 15) is 0 Å². The molecule has 8 aromatic carbocycles. The number of benzene rings is 8. The standard InChI is InChI=1S/C52H32N4S/c1-3-12-33(13-4-1)34-22-26-38(27-23-34)51-54-50(37-15-5-2-6-16-37)55-52(56-51)39-28-24-35(25-29-39)40-30-31-45-44(32-40)49-47(43-19-9-10-21-46(43)57-49)48(53-45)42-20-11-17-36-14-7-8-18-41(36)42/h1-32H. The molecule has 266 valence electrons. The number of thiophene rings is 1. The molecule has 0 saturated heterocycles. The van der Waals surface area contributed by atoms with E-state index in [1.807, 2.05) is 47.7 Å². The van der Waals surface area contributed by atoms with Crippen LogP contribution in [0.1, 0.15) is 0 Å². The van der Waals surface area contributed by atoms with Crippen molar-refractivity contribution in [1.29, 1.82) is 0 Å². The maximum atomic E-state index is 5.41. The Bertz CT molecular complexity index is 3260. The fourth-order valence-corrected chi connectivity index (χ4v) is 9.10. The van der Waals surface area contributed by atoms with Crippen molar-refractivity contribution in [2.45, 2.75) is 0 Å². The van der Waals surface area contributed by atoms with E-state index in [2.05, 4.69) is 158 Å². The molecule has 0 bridgehead atoms. The van der Waals surface area contributed by atoms with E-state index in [4.69, 9.17) is 19.9 Å². The van der Waals surface area contributed by atoms with Crippen LogP contribution < -0.4 is 0 Å². The highest BCUT2D eigenvalue weighted by atomic mass is 32.1. The third-order valence-electron chi connectivity index (χ3n) is 10.7. The molecule has 0 fully saturated rings. The lowest BCUT2D eigenvalue weighted by atomic mass is 9.96. The van der Waals surface area contributed by atoms with Crippen molar-refractivity contribution in [3.63, 3.8) is 0 Å². The summed E-state index contributed by atoms with van der Waals surface area (Å²) in [6.45, 7) is 0. The quantitative estimate of drug-likeness (QED) is 0.170. The highest BCUT2D eigenvalue weighted by Crippen LogP contribution is 2.45. The van der Waals surface area contributed by atoms with E-state index >= 15 is 0 Å². The third kappa shape index (κ3) is 5.93. The lowest BCUT2D eigenvalue weighted by molar-refractivity contribution is 1.07. The van der Waals surface area contributed by atoms with Crippen molar-refractivity contribution >= 4 is 53.2 Å². The zero-order chi connectivity index (χ0) is 37.7. The van der Waals surface area contributed by atoms with Crippen molar-refractivity contribution < 1.29 is 0 Å². The second-order valence-electron chi connectivity index (χ2n) is 14.2. The van der Waals surface area contributed by atoms with Gasteiger partial charge in [-0.1, -0.05) is 176 Å². The highest BCUT2D eigenvalue weighted by molar-refractivity contribution is 7.26. The van der Waals surface area contributed by atoms with Gasteiger partial charge in [0, 0.05) is 47.8 Å². The molecule has 57 heavy (non-hydrogen) atoms. The lowest BCUT2D eigenvalue weighted by Gasteiger charge is -2.12. The highest BCUT2D eigenvalue weighted by Gasteiger charge is 2.19. The minimum atomic E-state index is 0.633. The number of hydrogen-bond donors (Lipinski definition) is 0. The monoisotopic (exact) mass is 744 g/mol. The second-order valence-corrected chi connectivity index (χ2v) is 15.3. The molecule has 0 aliphatic rings. The van der Waals surface area contributed by atoms with Gasteiger partial charge in [0.05, 0.1) is 11.2 Å². The van der Waals surface area contributed by atoms with E-state index in [0.717, 1.165) is 55.5 Å². The molecule has 5 heteroatoms. The normalized spacial score (nSPS) is 11.5. The molecule has 0 N–H and O–H groups in total. The molecule has 4 nitrogen and oxygen atoms in total. The van der Waals surface area contributed by atoms with Gasteiger partial charge >= 0.3 is 0 Å². The Morgan fingerprint density at radius 2 is 0.825 bits per heavy atom. The molecule has 3 heterocycles. The van der Waals surface area contributed by atoms with Gasteiger partial charge in [0.15, 0.2) is 17.5 Å². The number of rotatable bonds is 6. The van der Waals surface area contributed by atoms with Crippen LogP contribution >= 0.6 is 11.3 Å². The Labute approximate surface area is 333 Å². The zero-order valence-electron chi connectivity index (χ0n) is 30.7. The Morgan fingerprint density at radius 3 is 1.51 bits per heavy atom. The van der Waals surface area contributed by atoms with Crippen molar-refractivity contribution in [3.8, 4) is 67.7 Å². The molecule has 3 aromatic heterocycles. The fourth-order valence-electron chi connectivity index (χ4n) is 7.87. The smallest absolute Gasteiger partial charge is 0.164 e. The molecule has 11 aromatic rings. The molecule has 0 spiro atoms. The van der Waals surface area contributed by atoms with Gasteiger partial charge < -0.3 is 0 Å². The molecular weight excluding hydrogens is 713 g/mol. The summed E-state index contributed by atoms with van der Waals surface area (Å²) in [4.78, 5) is 20.4. The van der Waals surface area contributed by atoms with Gasteiger partial charge in [-0.05, 0) is 51.2 Å². The summed E-state index contributed by atoms with van der Waals surface area (Å²) in [5, 5.41) is 6.03. The number of nitrogens with zero attached hydrogens (tertiary/aromatic N) is 4. The molecule has 0 aliphatic carbocycles. The minimum absolute atomic E-state index is 0.633. The fraction of sp³-hybridized carbons (Fsp3) is 0. The molecule has 0 unspecified atom stereocenters. The molecule has 11 rings (SSSR count). The van der Waals surface area contributed by atoms with Crippen LogP contribution in [-0.2, 0) is 0 Å². The molecule has 0 saturated carbocycles. The first-order valence-corrected chi connectivity index (χ1v) is 19.9. The first-order valence-electron chi connectivity index (χ1n) is 19.0. The Morgan fingerprint density at radius 1 is 0.333 bits per heavy atom. The maximum Gasteiger partial charge on any atom is 0.164 e. The van der Waals surface area contributed by atoms with Crippen molar-refractivity contribution in [2.75, 3.05) is 0 Å². The van der Waals surface area contributed by atoms with E-state index in [0.29, 0.717) is 17.5 Å². The number of hydrogen-bond acceptors (Lipinski definition) is 5. The summed E-state index contributed by atoms with van der Waals surface area (Å²) in [5.74, 6) is 1.91. The molecule has 0 atom stereocenters. The first kappa shape index (κ1) is 33.0. The summed E-state index contributed by atoms with van der Waals surface area (Å²) < 4.78 is 2.52. The maximum absolute atomic E-state index is 5.41. The summed E-state index contributed by atoms with van der Waals surface area (Å²) >= 11 is 1.85. The number of pyridine rings is 1. The SMILES string of the molecule is c1ccc(-c2ccc(-c3nc(-c4ccccc4)nc(-c4ccc(-c5ccc6nc(-c7cccc8ccccc78)c7c8ccccc8sc7c6c5)cc4)n3)cc2)cc1. The second kappa shape index (κ2) is 13.7. The first-order chi connectivity index (χ1) is 28.2. The zero-order valence-corrected chi connectivity index (χ0v) is 31.5. The van der Waals surface area contributed by atoms with Crippen LogP contribution in [0.25, 0.3) is 110 Å². The molecule has 0 radical (unpaired) electrons. The van der Waals surface area contributed by atoms with Gasteiger partial charge in [-0.15, -0.1) is 11.3 Å². The molecule has 0 aliphatic heterocycles. The summed E-state index contributed by atoms with van der Waals surface area (Å²) in [7, 11) is 0. The van der Waals surface area contributed by atoms with Crippen LogP contribution in [0.5, 0.6) is 0 Å². The predicted octanol–water partition coefficient (Wildman–Crippen LogP) is 13.9. The van der Waals surface area contributed by atoms with E-state index in [1.165, 1.54) is 36.5 Å². The summed E-state index contributed by atoms with van der Waals surface area (Å²) in [6.07, 6.45) is 0. The lowest BCUT2D eigenvalue weighted by Crippen LogP contribution is -2.00. The number of fused-ring (bicyclic) bond motifs is 6. The Hall–Kier alpha value is -7.34. The third-order valence-corrected chi connectivity index (χ3v) is 11.9. The van der Waals surface area contributed by atoms with Gasteiger partial charge in [0.1, 0.15) is 0 Å². The van der Waals surface area contributed by atoms with Gasteiger partial charge in [-0.3, -0.25) is 0 Å². The summed E-state index contributed by atoms with van der Waals surface area (Å²) in [6, 6.07) is 67.9. The van der Waals surface area contributed by atoms with E-state index in [-0.39, 0.29) is 0 Å². The van der Waals surface area contributed by atoms with Crippen LogP contribution in [0, 0.1) is 0 Å². The van der Waals surface area contributed by atoms with Crippen LogP contribution in [-0.4, -0.2) is 19.9 Å². The average molecular weight is 745 g/mol. The topological polar surface area (TPSA) is 51.6 Å². The van der Waals surface area contributed by atoms with Gasteiger partial charge in [-0.2, -0.15) is 0 Å². The van der Waals surface area contributed by atoms with Crippen LogP contribution in [0.15, 0.2) is 194 Å². The largest absolute Gasteiger partial charge is 0.247 e. The van der Waals surface area contributed by atoms with Crippen molar-refractivity contribution in [3.05, 3.63) is 194 Å².